The van der Waals surface area contributed by atoms with Crippen LogP contribution in [0.5, 0.6) is 0 Å². The molecule has 0 heterocycles. The second-order valence-corrected chi connectivity index (χ2v) is 9.12. The molecular formula is C12H11NO6S3. The molecule has 2 aromatic rings. The highest BCUT2D eigenvalue weighted by molar-refractivity contribution is 8.14. The van der Waals surface area contributed by atoms with Crippen LogP contribution in [0.1, 0.15) is 0 Å². The molecule has 0 aliphatic heterocycles. The first-order chi connectivity index (χ1) is 10.3. The van der Waals surface area contributed by atoms with Gasteiger partial charge in [0.05, 0.1) is 9.79 Å². The third kappa shape index (κ3) is 3.10. The normalized spacial score (nSPS) is 13.9. The van der Waals surface area contributed by atoms with Gasteiger partial charge in [-0.15, -0.1) is 0 Å². The molecule has 0 bridgehead atoms. The number of sulfonamides is 2. The quantitative estimate of drug-likeness (QED) is 0.802. The fourth-order valence-electron chi connectivity index (χ4n) is 1.65. The summed E-state index contributed by atoms with van der Waals surface area (Å²) in [6.07, 6.45) is 0. The van der Waals surface area contributed by atoms with Crippen LogP contribution in [0, 0.1) is 0 Å². The maximum atomic E-state index is 12.4. The van der Waals surface area contributed by atoms with E-state index in [2.05, 4.69) is 0 Å². The van der Waals surface area contributed by atoms with Crippen LogP contribution in [0.15, 0.2) is 70.5 Å². The summed E-state index contributed by atoms with van der Waals surface area (Å²) in [5.41, 5.74) is 0. The van der Waals surface area contributed by atoms with Crippen molar-refractivity contribution in [2.45, 2.75) is 9.79 Å². The third-order valence-electron chi connectivity index (χ3n) is 2.60. The molecular weight excluding hydrogens is 350 g/mol. The zero-order valence-corrected chi connectivity index (χ0v) is 13.4. The summed E-state index contributed by atoms with van der Waals surface area (Å²) in [5, 5.41) is 0. The maximum absolute atomic E-state index is 12.4. The molecule has 0 amide bonds. The van der Waals surface area contributed by atoms with Crippen LogP contribution >= 0.6 is 0 Å². The predicted octanol–water partition coefficient (Wildman–Crippen LogP) is 1.20. The molecule has 7 nitrogen and oxygen atoms in total. The van der Waals surface area contributed by atoms with Gasteiger partial charge in [-0.25, -0.2) is 21.0 Å². The van der Waals surface area contributed by atoms with Crippen molar-refractivity contribution in [1.82, 2.24) is 3.12 Å². The van der Waals surface area contributed by atoms with Crippen molar-refractivity contribution in [2.24, 2.45) is 0 Å². The number of rotatable bonds is 5. The van der Waals surface area contributed by atoms with Crippen molar-refractivity contribution in [1.29, 1.82) is 0 Å². The molecule has 2 aromatic carbocycles. The fourth-order valence-corrected chi connectivity index (χ4v) is 6.41. The van der Waals surface area contributed by atoms with Gasteiger partial charge in [-0.05, 0) is 24.3 Å². The zero-order chi connectivity index (χ0) is 16.4. The second-order valence-electron chi connectivity index (χ2n) is 4.03. The molecule has 118 valence electrons. The van der Waals surface area contributed by atoms with Crippen molar-refractivity contribution >= 4 is 31.3 Å². The van der Waals surface area contributed by atoms with E-state index in [1.165, 1.54) is 36.4 Å². The van der Waals surface area contributed by atoms with Gasteiger partial charge >= 0.3 is 0 Å². The highest BCUT2D eigenvalue weighted by atomic mass is 32.3. The van der Waals surface area contributed by atoms with E-state index in [0.29, 0.717) is 0 Å². The summed E-state index contributed by atoms with van der Waals surface area (Å²) in [4.78, 5) is -0.811. The topological polar surface area (TPSA) is 109 Å². The van der Waals surface area contributed by atoms with E-state index in [9.17, 15) is 25.6 Å². The van der Waals surface area contributed by atoms with Crippen LogP contribution < -0.4 is 0 Å². The molecule has 2 rings (SSSR count). The van der Waals surface area contributed by atoms with Crippen LogP contribution in [0.2, 0.25) is 0 Å². The third-order valence-corrected chi connectivity index (χ3v) is 8.50. The lowest BCUT2D eigenvalue weighted by molar-refractivity contribution is 0.512. The van der Waals surface area contributed by atoms with Crippen molar-refractivity contribution in [2.75, 3.05) is 0 Å². The van der Waals surface area contributed by atoms with Crippen molar-refractivity contribution < 1.29 is 25.6 Å². The van der Waals surface area contributed by atoms with Crippen molar-refractivity contribution in [3.63, 3.8) is 0 Å². The monoisotopic (exact) mass is 361 g/mol. The number of hydrogen-bond acceptors (Lipinski definition) is 5. The Kier molecular flexibility index (Phi) is 4.78. The van der Waals surface area contributed by atoms with Crippen LogP contribution in [0.4, 0.5) is 0 Å². The molecule has 0 radical (unpaired) electrons. The largest absolute Gasteiger partial charge is 0.292 e. The molecule has 1 N–H and O–H groups in total. The highest BCUT2D eigenvalue weighted by Gasteiger charge is 2.41. The number of nitrogens with zero attached hydrogens (tertiary/aromatic N) is 1. The minimum Gasteiger partial charge on any atom is -0.292 e. The van der Waals surface area contributed by atoms with Gasteiger partial charge in [0.1, 0.15) is 0 Å². The Morgan fingerprint density at radius 1 is 0.727 bits per heavy atom. The number of benzene rings is 2. The van der Waals surface area contributed by atoms with Gasteiger partial charge < -0.3 is 0 Å². The Hall–Kier alpha value is -1.59. The average Bonchev–Trinajstić information content (AvgIpc) is 2.48. The molecule has 1 atom stereocenters. The predicted molar refractivity (Wildman–Crippen MR) is 79.9 cm³/mol. The summed E-state index contributed by atoms with van der Waals surface area (Å²) in [6, 6.07) is 13.1. The van der Waals surface area contributed by atoms with E-state index < -0.39 is 44.2 Å². The zero-order valence-electron chi connectivity index (χ0n) is 10.9. The smallest absolute Gasteiger partial charge is 0.269 e. The van der Waals surface area contributed by atoms with Gasteiger partial charge in [0.25, 0.3) is 31.3 Å². The molecule has 10 heteroatoms. The minimum absolute atomic E-state index is 0.406. The Morgan fingerprint density at radius 2 is 1.05 bits per heavy atom. The molecule has 0 saturated carbocycles. The van der Waals surface area contributed by atoms with Gasteiger partial charge in [-0.3, -0.25) is 4.55 Å². The summed E-state index contributed by atoms with van der Waals surface area (Å²) in [7, 11) is -9.42. The van der Waals surface area contributed by atoms with Crippen LogP contribution in [-0.4, -0.2) is 28.7 Å². The Balaban J connectivity index is 2.65. The van der Waals surface area contributed by atoms with E-state index in [4.69, 9.17) is 0 Å². The van der Waals surface area contributed by atoms with E-state index in [0.717, 1.165) is 24.3 Å². The molecule has 22 heavy (non-hydrogen) atoms. The summed E-state index contributed by atoms with van der Waals surface area (Å²) in [5.74, 6) is 0. The molecule has 1 unspecified atom stereocenters. The average molecular weight is 361 g/mol. The first-order valence-electron chi connectivity index (χ1n) is 5.79. The first-order valence-corrected chi connectivity index (χ1v) is 9.74. The van der Waals surface area contributed by atoms with Crippen LogP contribution in [-0.2, 0) is 31.3 Å². The van der Waals surface area contributed by atoms with Gasteiger partial charge in [0.15, 0.2) is 0 Å². The van der Waals surface area contributed by atoms with Gasteiger partial charge in [-0.2, -0.15) is 0 Å². The highest BCUT2D eigenvalue weighted by Crippen LogP contribution is 2.25. The standard InChI is InChI=1S/C12H11NO6S3/c14-20(15)13(21(16,17)11-7-3-1-4-8-11)22(18,19)12-9-5-2-6-10-12/h1-10H,(H,14,15). The Bertz CT molecular complexity index is 809. The first kappa shape index (κ1) is 16.8. The SMILES string of the molecule is O=S(O)N(S(=O)(=O)c1ccccc1)S(=O)(=O)c1ccccc1. The van der Waals surface area contributed by atoms with Gasteiger partial charge in [-0.1, -0.05) is 36.4 Å². The van der Waals surface area contributed by atoms with Crippen LogP contribution in [0.3, 0.4) is 0 Å². The van der Waals surface area contributed by atoms with Crippen molar-refractivity contribution in [3.05, 3.63) is 60.7 Å². The molecule has 0 aromatic heterocycles. The molecule has 0 spiro atoms. The Morgan fingerprint density at radius 3 is 1.32 bits per heavy atom. The van der Waals surface area contributed by atoms with E-state index in [1.807, 2.05) is 0 Å². The summed E-state index contributed by atoms with van der Waals surface area (Å²) in [6.45, 7) is 0. The van der Waals surface area contributed by atoms with E-state index in [-0.39, 0.29) is 0 Å². The lowest BCUT2D eigenvalue weighted by atomic mass is 10.4. The molecule has 0 aliphatic rings. The Labute approximate surface area is 130 Å². The van der Waals surface area contributed by atoms with E-state index >= 15 is 0 Å². The summed E-state index contributed by atoms with van der Waals surface area (Å²) >= 11 is -3.29. The lowest BCUT2D eigenvalue weighted by Crippen LogP contribution is -2.38. The molecule has 0 saturated heterocycles. The fraction of sp³-hybridized carbons (Fsp3) is 0. The van der Waals surface area contributed by atoms with E-state index in [1.54, 1.807) is 0 Å². The molecule has 0 fully saturated rings. The molecule has 0 aliphatic carbocycles. The van der Waals surface area contributed by atoms with Gasteiger partial charge in [0, 0.05) is 3.12 Å². The maximum Gasteiger partial charge on any atom is 0.269 e. The lowest BCUT2D eigenvalue weighted by Gasteiger charge is -2.17. The van der Waals surface area contributed by atoms with Gasteiger partial charge in [0.2, 0.25) is 0 Å². The minimum atomic E-state index is -4.71. The van der Waals surface area contributed by atoms with Crippen LogP contribution in [0.25, 0.3) is 0 Å². The number of hydrogen-bond donors (Lipinski definition) is 1. The summed E-state index contributed by atoms with van der Waals surface area (Å²) < 4.78 is 69.8. The van der Waals surface area contributed by atoms with Crippen molar-refractivity contribution in [3.8, 4) is 0 Å². The second kappa shape index (κ2) is 6.26.